The van der Waals surface area contributed by atoms with E-state index in [1.54, 1.807) is 7.11 Å². The van der Waals surface area contributed by atoms with E-state index < -0.39 is 0 Å². The third-order valence-electron chi connectivity index (χ3n) is 3.66. The molecule has 1 atom stereocenters. The summed E-state index contributed by atoms with van der Waals surface area (Å²) < 4.78 is 5.42. The molecule has 0 heterocycles. The van der Waals surface area contributed by atoms with Gasteiger partial charge in [-0.15, -0.1) is 0 Å². The van der Waals surface area contributed by atoms with Gasteiger partial charge in [0.25, 0.3) is 0 Å². The summed E-state index contributed by atoms with van der Waals surface area (Å²) >= 11 is 0. The fraction of sp³-hybridized carbons (Fsp3) is 0.412. The van der Waals surface area contributed by atoms with E-state index in [-0.39, 0.29) is 6.04 Å². The zero-order valence-corrected chi connectivity index (χ0v) is 11.9. The van der Waals surface area contributed by atoms with Gasteiger partial charge >= 0.3 is 0 Å². The molecule has 1 unspecified atom stereocenters. The summed E-state index contributed by atoms with van der Waals surface area (Å²) in [5.41, 5.74) is 7.58. The third-order valence-corrected chi connectivity index (χ3v) is 3.66. The molecule has 0 aliphatic heterocycles. The number of ether oxygens (including phenoxy) is 1. The van der Waals surface area contributed by atoms with Crippen LogP contribution in [0.2, 0.25) is 0 Å². The van der Waals surface area contributed by atoms with Crippen LogP contribution in [-0.2, 0) is 0 Å². The van der Waals surface area contributed by atoms with Crippen LogP contribution >= 0.6 is 0 Å². The van der Waals surface area contributed by atoms with Gasteiger partial charge in [0.05, 0.1) is 7.11 Å². The van der Waals surface area contributed by atoms with E-state index >= 15 is 0 Å². The molecule has 2 aromatic carbocycles. The minimum Gasteiger partial charge on any atom is -0.496 e. The van der Waals surface area contributed by atoms with E-state index in [0.29, 0.717) is 0 Å². The Kier molecular flexibility index (Phi) is 4.80. The van der Waals surface area contributed by atoms with E-state index in [2.05, 4.69) is 31.2 Å². The van der Waals surface area contributed by atoms with Crippen LogP contribution < -0.4 is 10.5 Å². The largest absolute Gasteiger partial charge is 0.496 e. The van der Waals surface area contributed by atoms with Gasteiger partial charge in [-0.2, -0.15) is 0 Å². The van der Waals surface area contributed by atoms with Gasteiger partial charge in [0.15, 0.2) is 0 Å². The lowest BCUT2D eigenvalue weighted by molar-refractivity contribution is 0.419. The highest BCUT2D eigenvalue weighted by Crippen LogP contribution is 2.32. The van der Waals surface area contributed by atoms with Crippen molar-refractivity contribution in [3.8, 4) is 5.75 Å². The van der Waals surface area contributed by atoms with Gasteiger partial charge in [0, 0.05) is 11.4 Å². The topological polar surface area (TPSA) is 35.2 Å². The van der Waals surface area contributed by atoms with Gasteiger partial charge in [-0.1, -0.05) is 56.5 Å². The molecule has 2 N–H and O–H groups in total. The summed E-state index contributed by atoms with van der Waals surface area (Å²) in [4.78, 5) is 0. The summed E-state index contributed by atoms with van der Waals surface area (Å²) in [6.07, 6.45) is 4.72. The summed E-state index contributed by atoms with van der Waals surface area (Å²) in [5.74, 6) is 0.917. The maximum absolute atomic E-state index is 6.35. The zero-order chi connectivity index (χ0) is 13.7. The van der Waals surface area contributed by atoms with Gasteiger partial charge in [0.1, 0.15) is 5.75 Å². The second kappa shape index (κ2) is 6.58. The Morgan fingerprint density at radius 2 is 1.79 bits per heavy atom. The highest BCUT2D eigenvalue weighted by Gasteiger charge is 2.11. The first kappa shape index (κ1) is 13.9. The Balaban J connectivity index is 2.33. The quantitative estimate of drug-likeness (QED) is 0.777. The minimum absolute atomic E-state index is 0.113. The Labute approximate surface area is 115 Å². The Morgan fingerprint density at radius 1 is 1.05 bits per heavy atom. The molecule has 0 amide bonds. The zero-order valence-electron chi connectivity index (χ0n) is 11.9. The van der Waals surface area contributed by atoms with Crippen molar-refractivity contribution in [3.63, 3.8) is 0 Å². The summed E-state index contributed by atoms with van der Waals surface area (Å²) in [6.45, 7) is 2.22. The summed E-state index contributed by atoms with van der Waals surface area (Å²) in [7, 11) is 1.71. The standard InChI is InChI=1S/C17H23NO/c1-3-4-5-10-16(18)14-11-12-17(19-2)15-9-7-6-8-13(14)15/h6-9,11-12,16H,3-5,10,18H2,1-2H3. The predicted octanol–water partition coefficient (Wildman–Crippen LogP) is 4.43. The molecule has 2 heteroatoms. The number of rotatable bonds is 6. The molecule has 0 saturated carbocycles. The lowest BCUT2D eigenvalue weighted by Gasteiger charge is -2.16. The lowest BCUT2D eigenvalue weighted by atomic mass is 9.95. The molecule has 0 radical (unpaired) electrons. The van der Waals surface area contributed by atoms with Crippen LogP contribution in [0.15, 0.2) is 36.4 Å². The molecular weight excluding hydrogens is 234 g/mol. The molecule has 0 spiro atoms. The van der Waals surface area contributed by atoms with Gasteiger partial charge in [-0.25, -0.2) is 0 Å². The van der Waals surface area contributed by atoms with Gasteiger partial charge in [-0.3, -0.25) is 0 Å². The van der Waals surface area contributed by atoms with Crippen molar-refractivity contribution in [2.24, 2.45) is 5.73 Å². The van der Waals surface area contributed by atoms with Crippen LogP contribution in [-0.4, -0.2) is 7.11 Å². The first-order valence-electron chi connectivity index (χ1n) is 7.09. The maximum atomic E-state index is 6.35. The molecular formula is C17H23NO. The number of benzene rings is 2. The van der Waals surface area contributed by atoms with Crippen molar-refractivity contribution in [1.29, 1.82) is 0 Å². The average Bonchev–Trinajstić information content (AvgIpc) is 2.46. The van der Waals surface area contributed by atoms with Crippen molar-refractivity contribution < 1.29 is 4.74 Å². The van der Waals surface area contributed by atoms with Crippen LogP contribution in [0.1, 0.15) is 44.2 Å². The lowest BCUT2D eigenvalue weighted by Crippen LogP contribution is -2.10. The number of hydrogen-bond donors (Lipinski definition) is 1. The SMILES string of the molecule is CCCCCC(N)c1ccc(OC)c2ccccc12. The van der Waals surface area contributed by atoms with E-state index in [1.165, 1.54) is 30.2 Å². The third kappa shape index (κ3) is 3.07. The van der Waals surface area contributed by atoms with E-state index in [0.717, 1.165) is 17.6 Å². The highest BCUT2D eigenvalue weighted by atomic mass is 16.5. The smallest absolute Gasteiger partial charge is 0.126 e. The maximum Gasteiger partial charge on any atom is 0.126 e. The van der Waals surface area contributed by atoms with Crippen LogP contribution in [0.4, 0.5) is 0 Å². The van der Waals surface area contributed by atoms with E-state index in [9.17, 15) is 0 Å². The Morgan fingerprint density at radius 3 is 2.47 bits per heavy atom. The Bertz CT molecular complexity index is 536. The summed E-state index contributed by atoms with van der Waals surface area (Å²) in [5, 5.41) is 2.36. The van der Waals surface area contributed by atoms with Crippen molar-refractivity contribution in [2.45, 2.75) is 38.6 Å². The molecule has 2 aromatic rings. The van der Waals surface area contributed by atoms with E-state index in [1.807, 2.05) is 12.1 Å². The number of unbranched alkanes of at least 4 members (excludes halogenated alkanes) is 2. The molecule has 0 bridgehead atoms. The van der Waals surface area contributed by atoms with Gasteiger partial charge in [0.2, 0.25) is 0 Å². The van der Waals surface area contributed by atoms with Crippen LogP contribution in [0.25, 0.3) is 10.8 Å². The fourth-order valence-electron chi connectivity index (χ4n) is 2.57. The number of hydrogen-bond acceptors (Lipinski definition) is 2. The van der Waals surface area contributed by atoms with Crippen molar-refractivity contribution in [3.05, 3.63) is 42.0 Å². The molecule has 2 nitrogen and oxygen atoms in total. The highest BCUT2D eigenvalue weighted by molar-refractivity contribution is 5.91. The first-order chi connectivity index (χ1) is 9.27. The van der Waals surface area contributed by atoms with Crippen LogP contribution in [0.3, 0.4) is 0 Å². The molecule has 0 aliphatic rings. The normalized spacial score (nSPS) is 12.6. The van der Waals surface area contributed by atoms with Crippen molar-refractivity contribution >= 4 is 10.8 Å². The molecule has 2 rings (SSSR count). The second-order valence-corrected chi connectivity index (χ2v) is 5.00. The number of fused-ring (bicyclic) bond motifs is 1. The number of methoxy groups -OCH3 is 1. The number of nitrogens with two attached hydrogens (primary N) is 1. The molecule has 0 saturated heterocycles. The molecule has 0 aromatic heterocycles. The fourth-order valence-corrected chi connectivity index (χ4v) is 2.57. The van der Waals surface area contributed by atoms with E-state index in [4.69, 9.17) is 10.5 Å². The monoisotopic (exact) mass is 257 g/mol. The van der Waals surface area contributed by atoms with Crippen LogP contribution in [0, 0.1) is 0 Å². The van der Waals surface area contributed by atoms with Crippen LogP contribution in [0.5, 0.6) is 5.75 Å². The molecule has 0 aliphatic carbocycles. The Hall–Kier alpha value is -1.54. The minimum atomic E-state index is 0.113. The second-order valence-electron chi connectivity index (χ2n) is 5.00. The van der Waals surface area contributed by atoms with Crippen molar-refractivity contribution in [2.75, 3.05) is 7.11 Å². The van der Waals surface area contributed by atoms with Gasteiger partial charge < -0.3 is 10.5 Å². The van der Waals surface area contributed by atoms with Crippen molar-refractivity contribution in [1.82, 2.24) is 0 Å². The predicted molar refractivity (Wildman–Crippen MR) is 81.6 cm³/mol. The summed E-state index contributed by atoms with van der Waals surface area (Å²) in [6, 6.07) is 12.6. The first-order valence-corrected chi connectivity index (χ1v) is 7.09. The molecule has 102 valence electrons. The molecule has 0 fully saturated rings. The average molecular weight is 257 g/mol. The molecule has 19 heavy (non-hydrogen) atoms. The van der Waals surface area contributed by atoms with Gasteiger partial charge in [-0.05, 0) is 23.4 Å².